The minimum absolute atomic E-state index is 0.486. The van der Waals surface area contributed by atoms with Gasteiger partial charge in [0, 0.05) is 0 Å². The fourth-order valence-electron chi connectivity index (χ4n) is 6.58. The molecule has 3 aliphatic carbocycles. The molecule has 0 saturated heterocycles. The zero-order valence-electron chi connectivity index (χ0n) is 18.3. The monoisotopic (exact) mass is 374 g/mol. The third-order valence-corrected chi connectivity index (χ3v) is 8.45. The van der Waals surface area contributed by atoms with E-state index in [-0.39, 0.29) is 0 Å². The molecule has 0 amide bonds. The molecule has 27 heavy (non-hydrogen) atoms. The molecule has 0 spiro atoms. The van der Waals surface area contributed by atoms with E-state index < -0.39 is 5.60 Å². The Morgan fingerprint density at radius 2 is 1.41 bits per heavy atom. The molecule has 0 aromatic carbocycles. The van der Waals surface area contributed by atoms with E-state index in [4.69, 9.17) is 0 Å². The van der Waals surface area contributed by atoms with E-state index in [1.54, 1.807) is 0 Å². The Labute approximate surface area is 169 Å². The molecule has 0 heterocycles. The van der Waals surface area contributed by atoms with Crippen LogP contribution in [0.1, 0.15) is 117 Å². The van der Waals surface area contributed by atoms with Crippen molar-refractivity contribution >= 4 is 0 Å². The number of aliphatic hydroxyl groups is 1. The van der Waals surface area contributed by atoms with E-state index in [1.165, 1.54) is 89.9 Å². The van der Waals surface area contributed by atoms with Crippen molar-refractivity contribution in [1.29, 1.82) is 0 Å². The van der Waals surface area contributed by atoms with E-state index >= 15 is 0 Å². The fraction of sp³-hybridized carbons (Fsp3) is 0.923. The molecule has 2 saturated carbocycles. The van der Waals surface area contributed by atoms with Crippen molar-refractivity contribution in [1.82, 2.24) is 0 Å². The Morgan fingerprint density at radius 1 is 0.778 bits per heavy atom. The molecule has 3 aliphatic rings. The highest BCUT2D eigenvalue weighted by Crippen LogP contribution is 2.45. The van der Waals surface area contributed by atoms with Gasteiger partial charge in [-0.3, -0.25) is 0 Å². The zero-order valence-corrected chi connectivity index (χ0v) is 18.3. The van der Waals surface area contributed by atoms with Crippen LogP contribution >= 0.6 is 0 Å². The van der Waals surface area contributed by atoms with Crippen molar-refractivity contribution in [2.24, 2.45) is 29.6 Å². The van der Waals surface area contributed by atoms with Crippen LogP contribution in [0, 0.1) is 29.6 Å². The van der Waals surface area contributed by atoms with Gasteiger partial charge in [0.15, 0.2) is 0 Å². The first-order chi connectivity index (χ1) is 13.1. The van der Waals surface area contributed by atoms with Gasteiger partial charge < -0.3 is 5.11 Å². The summed E-state index contributed by atoms with van der Waals surface area (Å²) in [5.41, 5.74) is -0.486. The molecule has 1 heteroatoms. The number of hydrogen-bond acceptors (Lipinski definition) is 1. The molecule has 0 bridgehead atoms. The third kappa shape index (κ3) is 6.09. The van der Waals surface area contributed by atoms with Gasteiger partial charge in [0.25, 0.3) is 0 Å². The summed E-state index contributed by atoms with van der Waals surface area (Å²) < 4.78 is 0. The zero-order chi connectivity index (χ0) is 19.1. The fourth-order valence-corrected chi connectivity index (χ4v) is 6.58. The summed E-state index contributed by atoms with van der Waals surface area (Å²) in [5.74, 6) is 4.77. The maximum absolute atomic E-state index is 10.8. The van der Waals surface area contributed by atoms with Crippen LogP contribution in [0.15, 0.2) is 12.2 Å². The van der Waals surface area contributed by atoms with Crippen LogP contribution in [-0.4, -0.2) is 10.7 Å². The molecule has 2 fully saturated rings. The second-order valence-corrected chi connectivity index (χ2v) is 10.4. The second-order valence-electron chi connectivity index (χ2n) is 10.4. The van der Waals surface area contributed by atoms with Gasteiger partial charge in [-0.05, 0) is 87.4 Å². The second kappa shape index (κ2) is 10.5. The molecule has 2 atom stereocenters. The normalized spacial score (nSPS) is 40.2. The topological polar surface area (TPSA) is 20.2 Å². The van der Waals surface area contributed by atoms with Gasteiger partial charge in [0.1, 0.15) is 0 Å². The van der Waals surface area contributed by atoms with Gasteiger partial charge in [0.05, 0.1) is 5.60 Å². The Hall–Kier alpha value is -0.300. The highest BCUT2D eigenvalue weighted by atomic mass is 16.3. The van der Waals surface area contributed by atoms with Gasteiger partial charge in [-0.1, -0.05) is 70.9 Å². The first kappa shape index (κ1) is 21.4. The molecule has 3 rings (SSSR count). The largest absolute Gasteiger partial charge is 0.386 e. The summed E-state index contributed by atoms with van der Waals surface area (Å²) in [4.78, 5) is 0. The molecule has 2 unspecified atom stereocenters. The first-order valence-corrected chi connectivity index (χ1v) is 12.5. The maximum atomic E-state index is 10.8. The molecular formula is C26H46O. The van der Waals surface area contributed by atoms with Crippen molar-refractivity contribution in [3.8, 4) is 0 Å². The van der Waals surface area contributed by atoms with Crippen LogP contribution in [0.25, 0.3) is 0 Å². The number of unbranched alkanes of at least 4 members (excludes halogenated alkanes) is 2. The minimum Gasteiger partial charge on any atom is -0.386 e. The molecule has 156 valence electrons. The number of rotatable bonds is 8. The lowest BCUT2D eigenvalue weighted by molar-refractivity contribution is 0.0481. The van der Waals surface area contributed by atoms with Crippen LogP contribution in [0.4, 0.5) is 0 Å². The van der Waals surface area contributed by atoms with E-state index in [0.29, 0.717) is 0 Å². The van der Waals surface area contributed by atoms with Crippen molar-refractivity contribution < 1.29 is 5.11 Å². The molecule has 0 aromatic heterocycles. The van der Waals surface area contributed by atoms with Gasteiger partial charge in [-0.25, -0.2) is 0 Å². The maximum Gasteiger partial charge on any atom is 0.0828 e. The molecule has 0 aromatic rings. The minimum atomic E-state index is -0.486. The Morgan fingerprint density at radius 3 is 1.96 bits per heavy atom. The summed E-state index contributed by atoms with van der Waals surface area (Å²) >= 11 is 0. The summed E-state index contributed by atoms with van der Waals surface area (Å²) in [6, 6.07) is 0. The third-order valence-electron chi connectivity index (χ3n) is 8.45. The number of hydrogen-bond donors (Lipinski definition) is 1. The molecule has 1 nitrogen and oxygen atoms in total. The molecule has 0 aliphatic heterocycles. The van der Waals surface area contributed by atoms with Gasteiger partial charge in [-0.2, -0.15) is 0 Å². The van der Waals surface area contributed by atoms with Gasteiger partial charge in [0.2, 0.25) is 0 Å². The summed E-state index contributed by atoms with van der Waals surface area (Å²) in [5, 5.41) is 10.8. The lowest BCUT2D eigenvalue weighted by atomic mass is 9.65. The summed E-state index contributed by atoms with van der Waals surface area (Å²) in [6.45, 7) is 4.59. The van der Waals surface area contributed by atoms with Crippen molar-refractivity contribution in [3.63, 3.8) is 0 Å². The van der Waals surface area contributed by atoms with Gasteiger partial charge in [-0.15, -0.1) is 0 Å². The Balaban J connectivity index is 1.40. The van der Waals surface area contributed by atoms with Crippen LogP contribution in [0.2, 0.25) is 0 Å². The summed E-state index contributed by atoms with van der Waals surface area (Å²) in [7, 11) is 0. The molecule has 1 N–H and O–H groups in total. The van der Waals surface area contributed by atoms with Gasteiger partial charge >= 0.3 is 0 Å². The SMILES string of the molecule is CCCCCC1(O)C=CC(C2CCC(C3CCC(CCC)CC3)CC2)CC1. The summed E-state index contributed by atoms with van der Waals surface area (Å²) in [6.07, 6.45) is 26.2. The van der Waals surface area contributed by atoms with E-state index in [1.807, 2.05) is 0 Å². The quantitative estimate of drug-likeness (QED) is 0.341. The smallest absolute Gasteiger partial charge is 0.0828 e. The Bertz CT molecular complexity index is 439. The van der Waals surface area contributed by atoms with E-state index in [0.717, 1.165) is 42.4 Å². The first-order valence-electron chi connectivity index (χ1n) is 12.5. The predicted molar refractivity (Wildman–Crippen MR) is 117 cm³/mol. The molecular weight excluding hydrogens is 328 g/mol. The highest BCUT2D eigenvalue weighted by Gasteiger charge is 2.35. The average molecular weight is 375 g/mol. The van der Waals surface area contributed by atoms with Crippen molar-refractivity contribution in [3.05, 3.63) is 12.2 Å². The Kier molecular flexibility index (Phi) is 8.30. The average Bonchev–Trinajstić information content (AvgIpc) is 2.70. The van der Waals surface area contributed by atoms with Crippen LogP contribution in [0.3, 0.4) is 0 Å². The van der Waals surface area contributed by atoms with Crippen molar-refractivity contribution in [2.75, 3.05) is 0 Å². The number of allylic oxidation sites excluding steroid dienone is 1. The van der Waals surface area contributed by atoms with Crippen LogP contribution in [-0.2, 0) is 0 Å². The highest BCUT2D eigenvalue weighted by molar-refractivity contribution is 5.09. The van der Waals surface area contributed by atoms with E-state index in [9.17, 15) is 5.11 Å². The lowest BCUT2D eigenvalue weighted by Gasteiger charge is -2.41. The van der Waals surface area contributed by atoms with Crippen LogP contribution < -0.4 is 0 Å². The molecule has 0 radical (unpaired) electrons. The van der Waals surface area contributed by atoms with Crippen LogP contribution in [0.5, 0.6) is 0 Å². The lowest BCUT2D eigenvalue weighted by Crippen LogP contribution is -2.33. The predicted octanol–water partition coefficient (Wildman–Crippen LogP) is 7.68. The standard InChI is InChI=1S/C26H46O/c1-3-5-6-18-26(27)19-16-25(17-20-26)24-14-12-23(13-15-24)22-10-8-21(7-4-2)9-11-22/h16,19,21-25,27H,3-15,17-18,20H2,1-2H3. The van der Waals surface area contributed by atoms with E-state index in [2.05, 4.69) is 26.0 Å². The van der Waals surface area contributed by atoms with Crippen molar-refractivity contribution in [2.45, 2.75) is 122 Å².